The SMILES string of the molecule is O=C(OCCCc1ccccc1)c1ccc(S(=O)(=O)N2CCCCC2)cc1. The first kappa shape index (κ1) is 19.6. The van der Waals surface area contributed by atoms with Gasteiger partial charge in [-0.3, -0.25) is 0 Å². The number of carbonyl (C=O) groups excluding carboxylic acids is 1. The molecule has 0 N–H and O–H groups in total. The summed E-state index contributed by atoms with van der Waals surface area (Å²) in [5, 5.41) is 0. The minimum Gasteiger partial charge on any atom is -0.462 e. The van der Waals surface area contributed by atoms with Crippen LogP contribution in [0.3, 0.4) is 0 Å². The van der Waals surface area contributed by atoms with E-state index in [0.29, 0.717) is 25.3 Å². The zero-order chi connectivity index (χ0) is 19.1. The van der Waals surface area contributed by atoms with Crippen LogP contribution in [-0.2, 0) is 21.2 Å². The van der Waals surface area contributed by atoms with E-state index in [1.54, 1.807) is 0 Å². The van der Waals surface area contributed by atoms with Crippen molar-refractivity contribution in [2.24, 2.45) is 0 Å². The molecule has 1 heterocycles. The molecule has 1 aliphatic heterocycles. The summed E-state index contributed by atoms with van der Waals surface area (Å²) in [6.07, 6.45) is 4.46. The second-order valence-corrected chi connectivity index (χ2v) is 8.65. The van der Waals surface area contributed by atoms with E-state index >= 15 is 0 Å². The Morgan fingerprint density at radius 1 is 0.926 bits per heavy atom. The minimum absolute atomic E-state index is 0.227. The van der Waals surface area contributed by atoms with Gasteiger partial charge >= 0.3 is 5.97 Å². The van der Waals surface area contributed by atoms with Gasteiger partial charge in [-0.1, -0.05) is 36.8 Å². The van der Waals surface area contributed by atoms with Crippen LogP contribution in [0.1, 0.15) is 41.6 Å². The van der Waals surface area contributed by atoms with Crippen LogP contribution in [0, 0.1) is 0 Å². The Kier molecular flexibility index (Phi) is 6.63. The van der Waals surface area contributed by atoms with E-state index in [-0.39, 0.29) is 4.90 Å². The summed E-state index contributed by atoms with van der Waals surface area (Å²) in [4.78, 5) is 12.4. The van der Waals surface area contributed by atoms with Crippen LogP contribution in [0.2, 0.25) is 0 Å². The molecule has 0 aromatic heterocycles. The number of ether oxygens (including phenoxy) is 1. The minimum atomic E-state index is -3.47. The van der Waals surface area contributed by atoms with Gasteiger partial charge < -0.3 is 4.74 Å². The van der Waals surface area contributed by atoms with Gasteiger partial charge in [0.05, 0.1) is 17.1 Å². The quantitative estimate of drug-likeness (QED) is 0.537. The predicted octanol–water partition coefficient (Wildman–Crippen LogP) is 3.65. The predicted molar refractivity (Wildman–Crippen MR) is 104 cm³/mol. The van der Waals surface area contributed by atoms with Gasteiger partial charge in [-0.25, -0.2) is 13.2 Å². The molecule has 3 rings (SSSR count). The van der Waals surface area contributed by atoms with Gasteiger partial charge in [-0.2, -0.15) is 4.31 Å². The first-order valence-corrected chi connectivity index (χ1v) is 10.8. The monoisotopic (exact) mass is 387 g/mol. The Morgan fingerprint density at radius 3 is 2.26 bits per heavy atom. The number of hydrogen-bond donors (Lipinski definition) is 0. The Morgan fingerprint density at radius 2 is 1.59 bits per heavy atom. The molecule has 0 saturated carbocycles. The lowest BCUT2D eigenvalue weighted by atomic mass is 10.1. The van der Waals surface area contributed by atoms with Crippen molar-refractivity contribution in [2.75, 3.05) is 19.7 Å². The number of nitrogens with zero attached hydrogens (tertiary/aromatic N) is 1. The van der Waals surface area contributed by atoms with Crippen LogP contribution < -0.4 is 0 Å². The summed E-state index contributed by atoms with van der Waals surface area (Å²) in [5.74, 6) is -0.426. The molecular formula is C21H25NO4S. The summed E-state index contributed by atoms with van der Waals surface area (Å²) in [5.41, 5.74) is 1.58. The third-order valence-corrected chi connectivity index (χ3v) is 6.64. The van der Waals surface area contributed by atoms with Gasteiger partial charge in [-0.15, -0.1) is 0 Å². The van der Waals surface area contributed by atoms with Gasteiger partial charge in [0.2, 0.25) is 10.0 Å². The number of rotatable bonds is 7. The lowest BCUT2D eigenvalue weighted by molar-refractivity contribution is 0.0500. The number of carbonyl (C=O) groups is 1. The zero-order valence-corrected chi connectivity index (χ0v) is 16.2. The smallest absolute Gasteiger partial charge is 0.338 e. The van der Waals surface area contributed by atoms with Crippen LogP contribution in [0.5, 0.6) is 0 Å². The Balaban J connectivity index is 1.52. The number of aryl methyl sites for hydroxylation is 1. The third kappa shape index (κ3) is 5.17. The fraction of sp³-hybridized carbons (Fsp3) is 0.381. The molecule has 1 fully saturated rings. The summed E-state index contributed by atoms with van der Waals surface area (Å²) in [6, 6.07) is 16.1. The lowest BCUT2D eigenvalue weighted by Gasteiger charge is -2.25. The highest BCUT2D eigenvalue weighted by Gasteiger charge is 2.25. The standard InChI is InChI=1S/C21H25NO4S/c23-21(26-17-7-10-18-8-3-1-4-9-18)19-11-13-20(14-12-19)27(24,25)22-15-5-2-6-16-22/h1,3-4,8-9,11-14H,2,5-7,10,15-17H2. The van der Waals surface area contributed by atoms with Crippen molar-refractivity contribution in [1.29, 1.82) is 0 Å². The largest absolute Gasteiger partial charge is 0.462 e. The van der Waals surface area contributed by atoms with Crippen molar-refractivity contribution < 1.29 is 17.9 Å². The molecule has 27 heavy (non-hydrogen) atoms. The fourth-order valence-corrected chi connectivity index (χ4v) is 4.70. The number of benzene rings is 2. The Bertz CT molecular complexity index is 842. The van der Waals surface area contributed by atoms with E-state index in [4.69, 9.17) is 4.74 Å². The van der Waals surface area contributed by atoms with E-state index in [1.165, 1.54) is 34.1 Å². The molecule has 2 aromatic rings. The van der Waals surface area contributed by atoms with E-state index in [2.05, 4.69) is 0 Å². The summed E-state index contributed by atoms with van der Waals surface area (Å²) < 4.78 is 32.1. The van der Waals surface area contributed by atoms with Crippen molar-refractivity contribution in [3.63, 3.8) is 0 Å². The summed E-state index contributed by atoms with van der Waals surface area (Å²) >= 11 is 0. The van der Waals surface area contributed by atoms with Crippen LogP contribution in [0.4, 0.5) is 0 Å². The molecule has 0 atom stereocenters. The summed E-state index contributed by atoms with van der Waals surface area (Å²) in [6.45, 7) is 1.46. The average Bonchev–Trinajstić information content (AvgIpc) is 2.72. The van der Waals surface area contributed by atoms with Crippen molar-refractivity contribution >= 4 is 16.0 Å². The number of hydrogen-bond acceptors (Lipinski definition) is 4. The van der Waals surface area contributed by atoms with Gasteiger partial charge in [0.1, 0.15) is 0 Å². The van der Waals surface area contributed by atoms with Gasteiger partial charge in [-0.05, 0) is 55.5 Å². The van der Waals surface area contributed by atoms with Crippen molar-refractivity contribution in [1.82, 2.24) is 4.31 Å². The molecule has 2 aromatic carbocycles. The molecule has 1 saturated heterocycles. The van der Waals surface area contributed by atoms with Crippen molar-refractivity contribution in [2.45, 2.75) is 37.0 Å². The molecule has 0 unspecified atom stereocenters. The summed E-state index contributed by atoms with van der Waals surface area (Å²) in [7, 11) is -3.47. The Labute approximate surface area is 161 Å². The van der Waals surface area contributed by atoms with Crippen LogP contribution in [0.25, 0.3) is 0 Å². The fourth-order valence-electron chi connectivity index (χ4n) is 3.19. The first-order chi connectivity index (χ1) is 13.1. The molecule has 0 aliphatic carbocycles. The number of sulfonamides is 1. The molecule has 0 radical (unpaired) electrons. The van der Waals surface area contributed by atoms with E-state index in [1.807, 2.05) is 30.3 Å². The number of piperidine rings is 1. The van der Waals surface area contributed by atoms with Crippen LogP contribution >= 0.6 is 0 Å². The topological polar surface area (TPSA) is 63.7 Å². The highest BCUT2D eigenvalue weighted by atomic mass is 32.2. The third-order valence-electron chi connectivity index (χ3n) is 4.73. The Hall–Kier alpha value is -2.18. The maximum Gasteiger partial charge on any atom is 0.338 e. The van der Waals surface area contributed by atoms with E-state index < -0.39 is 16.0 Å². The molecule has 144 valence electrons. The molecule has 5 nitrogen and oxygen atoms in total. The maximum atomic E-state index is 12.6. The van der Waals surface area contributed by atoms with Gasteiger partial charge in [0.25, 0.3) is 0 Å². The van der Waals surface area contributed by atoms with Gasteiger partial charge in [0.15, 0.2) is 0 Å². The molecule has 0 amide bonds. The zero-order valence-electron chi connectivity index (χ0n) is 15.3. The first-order valence-electron chi connectivity index (χ1n) is 9.39. The van der Waals surface area contributed by atoms with Gasteiger partial charge in [0, 0.05) is 13.1 Å². The normalized spacial score (nSPS) is 15.4. The lowest BCUT2D eigenvalue weighted by Crippen LogP contribution is -2.35. The van der Waals surface area contributed by atoms with E-state index in [9.17, 15) is 13.2 Å². The van der Waals surface area contributed by atoms with Crippen LogP contribution in [-0.4, -0.2) is 38.4 Å². The average molecular weight is 388 g/mol. The van der Waals surface area contributed by atoms with Crippen molar-refractivity contribution in [3.05, 3.63) is 65.7 Å². The molecular weight excluding hydrogens is 362 g/mol. The molecule has 6 heteroatoms. The molecule has 1 aliphatic rings. The second-order valence-electron chi connectivity index (χ2n) is 6.71. The maximum absolute atomic E-state index is 12.6. The van der Waals surface area contributed by atoms with Crippen LogP contribution in [0.15, 0.2) is 59.5 Å². The highest BCUT2D eigenvalue weighted by Crippen LogP contribution is 2.21. The van der Waals surface area contributed by atoms with Crippen molar-refractivity contribution in [3.8, 4) is 0 Å². The second kappa shape index (κ2) is 9.15. The molecule has 0 spiro atoms. The van der Waals surface area contributed by atoms with E-state index in [0.717, 1.165) is 32.1 Å². The highest BCUT2D eigenvalue weighted by molar-refractivity contribution is 7.89. The molecule has 0 bridgehead atoms. The number of esters is 1.